The largest absolute Gasteiger partial charge is 0.338 e. The average Bonchev–Trinajstić information content (AvgIpc) is 2.52. The Morgan fingerprint density at radius 2 is 2.14 bits per heavy atom. The van der Waals surface area contributed by atoms with E-state index in [4.69, 9.17) is 0 Å². The number of hydrogen-bond acceptors (Lipinski definition) is 3. The lowest BCUT2D eigenvalue weighted by molar-refractivity contribution is 0.0481. The van der Waals surface area contributed by atoms with Crippen LogP contribution in [0.4, 0.5) is 0 Å². The molecule has 2 aliphatic rings. The molecule has 1 unspecified atom stereocenters. The monoisotopic (exact) mass is 301 g/mol. The van der Waals surface area contributed by atoms with Crippen LogP contribution < -0.4 is 5.56 Å². The van der Waals surface area contributed by atoms with Crippen LogP contribution in [0.3, 0.4) is 0 Å². The highest BCUT2D eigenvalue weighted by Gasteiger charge is 2.37. The molecule has 0 aromatic carbocycles. The Balaban J connectivity index is 1.88. The molecule has 1 atom stereocenters. The third kappa shape index (κ3) is 2.60. The number of rotatable bonds is 1. The lowest BCUT2D eigenvalue weighted by atomic mass is 9.71. The molecule has 1 aromatic heterocycles. The molecule has 2 heterocycles. The number of hydrogen-bond donors (Lipinski definition) is 1. The Morgan fingerprint density at radius 1 is 1.32 bits per heavy atom. The van der Waals surface area contributed by atoms with Crippen molar-refractivity contribution in [1.29, 1.82) is 0 Å². The second kappa shape index (κ2) is 5.71. The van der Waals surface area contributed by atoms with Crippen LogP contribution in [-0.4, -0.2) is 34.1 Å². The maximum atomic E-state index is 12.9. The number of H-pyrrole nitrogens is 1. The van der Waals surface area contributed by atoms with Crippen molar-refractivity contribution in [1.82, 2.24) is 15.1 Å². The molecular weight excluding hydrogens is 278 g/mol. The van der Waals surface area contributed by atoms with Crippen LogP contribution in [0.2, 0.25) is 0 Å². The summed E-state index contributed by atoms with van der Waals surface area (Å²) in [6.07, 6.45) is 9.93. The quantitative estimate of drug-likeness (QED) is 0.810. The van der Waals surface area contributed by atoms with E-state index in [2.05, 4.69) is 22.3 Å². The van der Waals surface area contributed by atoms with Gasteiger partial charge in [0.15, 0.2) is 0 Å². The van der Waals surface area contributed by atoms with Crippen LogP contribution in [-0.2, 0) is 0 Å². The molecule has 1 aliphatic carbocycles. The van der Waals surface area contributed by atoms with Gasteiger partial charge in [0.2, 0.25) is 0 Å². The molecular formula is C17H23N3O2. The molecule has 1 saturated heterocycles. The van der Waals surface area contributed by atoms with E-state index in [0.29, 0.717) is 11.3 Å². The van der Waals surface area contributed by atoms with Crippen molar-refractivity contribution in [2.45, 2.75) is 46.0 Å². The number of carbonyl (C=O) groups is 1. The standard InChI is InChI=1S/C17H23N3O2/c1-12-13(2)18-19-15(21)14(12)16(22)20-10-6-9-17(11-20)7-4-3-5-8-17/h3-4H,5-11H2,1-2H3,(H,19,21). The second-order valence-corrected chi connectivity index (χ2v) is 6.68. The minimum atomic E-state index is -0.378. The number of likely N-dealkylation sites (tertiary alicyclic amines) is 1. The molecule has 0 radical (unpaired) electrons. The third-order valence-corrected chi connectivity index (χ3v) is 5.19. The van der Waals surface area contributed by atoms with E-state index in [1.54, 1.807) is 6.92 Å². The van der Waals surface area contributed by atoms with E-state index in [1.165, 1.54) is 6.42 Å². The number of amides is 1. The summed E-state index contributed by atoms with van der Waals surface area (Å²) in [4.78, 5) is 26.8. The summed E-state index contributed by atoms with van der Waals surface area (Å²) in [5, 5.41) is 6.37. The summed E-state index contributed by atoms with van der Waals surface area (Å²) >= 11 is 0. The predicted molar refractivity (Wildman–Crippen MR) is 84.9 cm³/mol. The Kier molecular flexibility index (Phi) is 3.89. The van der Waals surface area contributed by atoms with Crippen molar-refractivity contribution < 1.29 is 4.79 Å². The fourth-order valence-corrected chi connectivity index (χ4v) is 3.74. The minimum absolute atomic E-state index is 0.141. The van der Waals surface area contributed by atoms with Gasteiger partial charge >= 0.3 is 0 Å². The van der Waals surface area contributed by atoms with Crippen molar-refractivity contribution in [3.8, 4) is 0 Å². The molecule has 22 heavy (non-hydrogen) atoms. The molecule has 1 aromatic rings. The number of carbonyl (C=O) groups excluding carboxylic acids is 1. The molecule has 0 bridgehead atoms. The molecule has 3 rings (SSSR count). The molecule has 1 spiro atoms. The van der Waals surface area contributed by atoms with E-state index in [1.807, 2.05) is 11.8 Å². The van der Waals surface area contributed by atoms with E-state index in [-0.39, 0.29) is 22.4 Å². The zero-order valence-electron chi connectivity index (χ0n) is 13.3. The number of aromatic nitrogens is 2. The summed E-state index contributed by atoms with van der Waals surface area (Å²) in [6, 6.07) is 0. The van der Waals surface area contributed by atoms with Crippen molar-refractivity contribution in [2.24, 2.45) is 5.41 Å². The van der Waals surface area contributed by atoms with E-state index in [0.717, 1.165) is 38.8 Å². The van der Waals surface area contributed by atoms with Crippen LogP contribution in [0, 0.1) is 19.3 Å². The predicted octanol–water partition coefficient (Wildman–Crippen LogP) is 2.35. The van der Waals surface area contributed by atoms with E-state index >= 15 is 0 Å². The van der Waals surface area contributed by atoms with Crippen LogP contribution in [0.1, 0.15) is 53.7 Å². The number of nitrogens with one attached hydrogen (secondary N) is 1. The number of allylic oxidation sites excluding steroid dienone is 2. The Morgan fingerprint density at radius 3 is 2.86 bits per heavy atom. The number of piperidine rings is 1. The van der Waals surface area contributed by atoms with Crippen molar-refractivity contribution in [3.63, 3.8) is 0 Å². The molecule has 1 N–H and O–H groups in total. The highest BCUT2D eigenvalue weighted by atomic mass is 16.2. The molecule has 5 nitrogen and oxygen atoms in total. The van der Waals surface area contributed by atoms with Gasteiger partial charge in [0.05, 0.1) is 5.69 Å². The first-order valence-electron chi connectivity index (χ1n) is 8.03. The first-order valence-corrected chi connectivity index (χ1v) is 8.03. The first-order chi connectivity index (χ1) is 10.5. The molecule has 1 amide bonds. The van der Waals surface area contributed by atoms with Crippen LogP contribution in [0.25, 0.3) is 0 Å². The Hall–Kier alpha value is -1.91. The fraction of sp³-hybridized carbons (Fsp3) is 0.588. The van der Waals surface area contributed by atoms with Crippen LogP contribution in [0.15, 0.2) is 16.9 Å². The van der Waals surface area contributed by atoms with Crippen LogP contribution in [0.5, 0.6) is 0 Å². The zero-order valence-corrected chi connectivity index (χ0v) is 13.3. The average molecular weight is 301 g/mol. The minimum Gasteiger partial charge on any atom is -0.338 e. The number of nitrogens with zero attached hydrogens (tertiary/aromatic N) is 2. The Labute approximate surface area is 130 Å². The first kappa shape index (κ1) is 15.0. The van der Waals surface area contributed by atoms with Gasteiger partial charge in [-0.05, 0) is 56.9 Å². The summed E-state index contributed by atoms with van der Waals surface area (Å²) < 4.78 is 0. The Bertz CT molecular complexity index is 677. The zero-order chi connectivity index (χ0) is 15.7. The fourth-order valence-electron chi connectivity index (χ4n) is 3.74. The van der Waals surface area contributed by atoms with Gasteiger partial charge < -0.3 is 4.90 Å². The summed E-state index contributed by atoms with van der Waals surface area (Å²) in [5.74, 6) is -0.141. The lowest BCUT2D eigenvalue weighted by Gasteiger charge is -2.44. The molecule has 1 aliphatic heterocycles. The van der Waals surface area contributed by atoms with Gasteiger partial charge in [-0.25, -0.2) is 5.10 Å². The van der Waals surface area contributed by atoms with Gasteiger partial charge in [0.1, 0.15) is 5.56 Å². The SMILES string of the molecule is Cc1n[nH]c(=O)c(C(=O)N2CCCC3(CC=CCC3)C2)c1C. The third-order valence-electron chi connectivity index (χ3n) is 5.19. The maximum absolute atomic E-state index is 12.9. The van der Waals surface area contributed by atoms with Gasteiger partial charge in [-0.1, -0.05) is 12.2 Å². The highest BCUT2D eigenvalue weighted by molar-refractivity contribution is 5.95. The topological polar surface area (TPSA) is 66.1 Å². The second-order valence-electron chi connectivity index (χ2n) is 6.68. The van der Waals surface area contributed by atoms with Gasteiger partial charge in [0, 0.05) is 13.1 Å². The number of aryl methyl sites for hydroxylation is 1. The maximum Gasteiger partial charge on any atom is 0.277 e. The normalized spacial score (nSPS) is 24.7. The van der Waals surface area contributed by atoms with Gasteiger partial charge in [0.25, 0.3) is 11.5 Å². The molecule has 0 saturated carbocycles. The smallest absolute Gasteiger partial charge is 0.277 e. The van der Waals surface area contributed by atoms with Crippen molar-refractivity contribution in [3.05, 3.63) is 39.3 Å². The molecule has 1 fully saturated rings. The lowest BCUT2D eigenvalue weighted by Crippen LogP contribution is -2.47. The summed E-state index contributed by atoms with van der Waals surface area (Å²) in [7, 11) is 0. The van der Waals surface area contributed by atoms with Crippen LogP contribution >= 0.6 is 0 Å². The highest BCUT2D eigenvalue weighted by Crippen LogP contribution is 2.41. The molecule has 5 heteroatoms. The van der Waals surface area contributed by atoms with Gasteiger partial charge in [-0.2, -0.15) is 5.10 Å². The number of aromatic amines is 1. The molecule has 118 valence electrons. The van der Waals surface area contributed by atoms with Crippen molar-refractivity contribution >= 4 is 5.91 Å². The van der Waals surface area contributed by atoms with E-state index < -0.39 is 0 Å². The van der Waals surface area contributed by atoms with Gasteiger partial charge in [-0.15, -0.1) is 0 Å². The summed E-state index contributed by atoms with van der Waals surface area (Å²) in [5.41, 5.74) is 1.49. The van der Waals surface area contributed by atoms with Crippen molar-refractivity contribution in [2.75, 3.05) is 13.1 Å². The van der Waals surface area contributed by atoms with Gasteiger partial charge in [-0.3, -0.25) is 9.59 Å². The summed E-state index contributed by atoms with van der Waals surface area (Å²) in [6.45, 7) is 5.11. The van der Waals surface area contributed by atoms with E-state index in [9.17, 15) is 9.59 Å².